The molecule has 92 valence electrons. The minimum atomic E-state index is 1.15. The zero-order chi connectivity index (χ0) is 11.9. The summed E-state index contributed by atoms with van der Waals surface area (Å²) in [6.45, 7) is 9.58. The lowest BCUT2D eigenvalue weighted by Gasteiger charge is -2.29. The van der Waals surface area contributed by atoms with Crippen LogP contribution in [0.5, 0.6) is 0 Å². The van der Waals surface area contributed by atoms with E-state index in [1.165, 1.54) is 37.7 Å². The van der Waals surface area contributed by atoms with E-state index in [-0.39, 0.29) is 0 Å². The Morgan fingerprint density at radius 2 is 1.07 bits per heavy atom. The Morgan fingerprint density at radius 3 is 1.33 bits per heavy atom. The predicted molar refractivity (Wildman–Crippen MR) is 72.4 cm³/mol. The number of rotatable bonds is 8. The van der Waals surface area contributed by atoms with Crippen LogP contribution in [0.2, 0.25) is 0 Å². The van der Waals surface area contributed by atoms with Crippen LogP contribution in [0.1, 0.15) is 13.8 Å². The zero-order valence-electron chi connectivity index (χ0n) is 11.5. The SMILES string of the molecule is CC[N+](C)(C)CCSCC[N+](C)(C)CC. The van der Waals surface area contributed by atoms with E-state index in [1.807, 2.05) is 0 Å². The molecule has 0 aromatic rings. The Morgan fingerprint density at radius 1 is 0.733 bits per heavy atom. The highest BCUT2D eigenvalue weighted by Crippen LogP contribution is 2.07. The van der Waals surface area contributed by atoms with Gasteiger partial charge in [0.1, 0.15) is 0 Å². The highest BCUT2D eigenvalue weighted by Gasteiger charge is 2.13. The van der Waals surface area contributed by atoms with Crippen molar-refractivity contribution in [2.75, 3.05) is 65.9 Å². The average Bonchev–Trinajstić information content (AvgIpc) is 2.17. The molecule has 0 N–H and O–H groups in total. The lowest BCUT2D eigenvalue weighted by atomic mass is 10.5. The topological polar surface area (TPSA) is 0 Å². The average molecular weight is 234 g/mol. The summed E-state index contributed by atoms with van der Waals surface area (Å²) < 4.78 is 2.30. The number of nitrogens with zero attached hydrogens (tertiary/aromatic N) is 2. The Kier molecular flexibility index (Phi) is 6.89. The second kappa shape index (κ2) is 6.77. The van der Waals surface area contributed by atoms with Crippen molar-refractivity contribution in [1.29, 1.82) is 0 Å². The number of thioether (sulfide) groups is 1. The minimum absolute atomic E-state index is 1.15. The van der Waals surface area contributed by atoms with Gasteiger partial charge in [0.05, 0.1) is 54.4 Å². The summed E-state index contributed by atoms with van der Waals surface area (Å²) in [6, 6.07) is 0. The van der Waals surface area contributed by atoms with E-state index in [0.717, 1.165) is 8.97 Å². The molecule has 3 heteroatoms. The normalized spacial score (nSPS) is 13.2. The second-order valence-electron chi connectivity index (χ2n) is 5.56. The molecule has 0 aromatic carbocycles. The molecular weight excluding hydrogens is 204 g/mol. The fourth-order valence-electron chi connectivity index (χ4n) is 1.04. The van der Waals surface area contributed by atoms with E-state index in [4.69, 9.17) is 0 Å². The molecule has 0 aromatic heterocycles. The molecule has 0 rings (SSSR count). The van der Waals surface area contributed by atoms with Gasteiger partial charge in [-0.15, -0.1) is 0 Å². The monoisotopic (exact) mass is 234 g/mol. The highest BCUT2D eigenvalue weighted by molar-refractivity contribution is 7.99. The number of hydrogen-bond donors (Lipinski definition) is 0. The fourth-order valence-corrected chi connectivity index (χ4v) is 2.49. The molecule has 0 bridgehead atoms. The third kappa shape index (κ3) is 8.12. The lowest BCUT2D eigenvalue weighted by Crippen LogP contribution is -2.42. The van der Waals surface area contributed by atoms with Crippen molar-refractivity contribution in [3.05, 3.63) is 0 Å². The van der Waals surface area contributed by atoms with Crippen LogP contribution in [0.4, 0.5) is 0 Å². The molecule has 0 aliphatic heterocycles. The van der Waals surface area contributed by atoms with Gasteiger partial charge in [-0.05, 0) is 13.8 Å². The minimum Gasteiger partial charge on any atom is -0.328 e. The van der Waals surface area contributed by atoms with Gasteiger partial charge >= 0.3 is 0 Å². The van der Waals surface area contributed by atoms with Crippen LogP contribution in [-0.4, -0.2) is 74.8 Å². The molecule has 0 saturated heterocycles. The lowest BCUT2D eigenvalue weighted by molar-refractivity contribution is -0.886. The van der Waals surface area contributed by atoms with E-state index in [1.54, 1.807) is 0 Å². The predicted octanol–water partition coefficient (Wildman–Crippen LogP) is 1.91. The second-order valence-corrected chi connectivity index (χ2v) is 6.79. The Hall–Kier alpha value is 0.270. The molecular formula is C12H30N2S+2. The summed E-state index contributed by atoms with van der Waals surface area (Å²) in [6.07, 6.45) is 0. The van der Waals surface area contributed by atoms with Crippen molar-refractivity contribution in [2.24, 2.45) is 0 Å². The first kappa shape index (κ1) is 15.3. The molecule has 0 radical (unpaired) electrons. The summed E-state index contributed by atoms with van der Waals surface area (Å²) in [4.78, 5) is 0. The van der Waals surface area contributed by atoms with E-state index in [0.29, 0.717) is 0 Å². The maximum absolute atomic E-state index is 2.31. The van der Waals surface area contributed by atoms with E-state index < -0.39 is 0 Å². The van der Waals surface area contributed by atoms with Crippen LogP contribution in [-0.2, 0) is 0 Å². The number of quaternary nitrogens is 2. The Balaban J connectivity index is 3.48. The molecule has 0 unspecified atom stereocenters. The van der Waals surface area contributed by atoms with Gasteiger partial charge in [-0.25, -0.2) is 0 Å². The van der Waals surface area contributed by atoms with Gasteiger partial charge in [0.25, 0.3) is 0 Å². The molecule has 0 spiro atoms. The van der Waals surface area contributed by atoms with Gasteiger partial charge in [-0.3, -0.25) is 0 Å². The zero-order valence-corrected chi connectivity index (χ0v) is 12.4. The highest BCUT2D eigenvalue weighted by atomic mass is 32.2. The van der Waals surface area contributed by atoms with E-state index in [9.17, 15) is 0 Å². The first-order valence-corrected chi connectivity index (χ1v) is 7.20. The summed E-state index contributed by atoms with van der Waals surface area (Å²) in [5.41, 5.74) is 0. The van der Waals surface area contributed by atoms with Crippen molar-refractivity contribution in [3.63, 3.8) is 0 Å². The van der Waals surface area contributed by atoms with Crippen molar-refractivity contribution >= 4 is 11.8 Å². The van der Waals surface area contributed by atoms with Crippen LogP contribution in [0, 0.1) is 0 Å². The largest absolute Gasteiger partial charge is 0.328 e. The van der Waals surface area contributed by atoms with Crippen LogP contribution in [0.15, 0.2) is 0 Å². The van der Waals surface area contributed by atoms with E-state index in [2.05, 4.69) is 53.8 Å². The van der Waals surface area contributed by atoms with Crippen molar-refractivity contribution in [1.82, 2.24) is 0 Å². The number of hydrogen-bond acceptors (Lipinski definition) is 1. The first-order chi connectivity index (χ1) is 6.83. The van der Waals surface area contributed by atoms with Gasteiger partial charge in [0.2, 0.25) is 0 Å². The van der Waals surface area contributed by atoms with Gasteiger partial charge < -0.3 is 8.97 Å². The summed E-state index contributed by atoms with van der Waals surface area (Å²) >= 11 is 2.11. The third-order valence-electron chi connectivity index (χ3n) is 3.39. The summed E-state index contributed by atoms with van der Waals surface area (Å²) in [7, 11) is 9.25. The van der Waals surface area contributed by atoms with Gasteiger partial charge in [-0.1, -0.05) is 0 Å². The van der Waals surface area contributed by atoms with Crippen molar-refractivity contribution in [2.45, 2.75) is 13.8 Å². The van der Waals surface area contributed by atoms with Crippen LogP contribution >= 0.6 is 11.8 Å². The Bertz CT molecular complexity index is 149. The molecule has 0 fully saturated rings. The molecule has 0 amide bonds. The van der Waals surface area contributed by atoms with Gasteiger partial charge in [0.15, 0.2) is 0 Å². The standard InChI is InChI=1S/C12H30N2S/c1-7-13(3,4)9-11-15-12-10-14(5,6)8-2/h7-12H2,1-6H3/q+2. The van der Waals surface area contributed by atoms with Crippen LogP contribution in [0.25, 0.3) is 0 Å². The van der Waals surface area contributed by atoms with Crippen LogP contribution in [0.3, 0.4) is 0 Å². The van der Waals surface area contributed by atoms with Gasteiger partial charge in [0, 0.05) is 11.5 Å². The fraction of sp³-hybridized carbons (Fsp3) is 1.00. The van der Waals surface area contributed by atoms with Crippen molar-refractivity contribution in [3.8, 4) is 0 Å². The molecule has 0 atom stereocenters. The third-order valence-corrected chi connectivity index (χ3v) is 4.34. The Labute approximate surface area is 101 Å². The molecule has 0 aliphatic rings. The van der Waals surface area contributed by atoms with Crippen molar-refractivity contribution < 1.29 is 8.97 Å². The summed E-state index contributed by atoms with van der Waals surface area (Å²) in [5.74, 6) is 2.59. The molecule has 0 saturated carbocycles. The quantitative estimate of drug-likeness (QED) is 0.457. The molecule has 2 nitrogen and oxygen atoms in total. The van der Waals surface area contributed by atoms with Gasteiger partial charge in [-0.2, -0.15) is 11.8 Å². The maximum atomic E-state index is 2.31. The maximum Gasteiger partial charge on any atom is 0.0874 e. The molecule has 15 heavy (non-hydrogen) atoms. The smallest absolute Gasteiger partial charge is 0.0874 e. The molecule has 0 heterocycles. The summed E-state index contributed by atoms with van der Waals surface area (Å²) in [5, 5.41) is 0. The van der Waals surface area contributed by atoms with E-state index >= 15 is 0 Å². The first-order valence-electron chi connectivity index (χ1n) is 6.05. The molecule has 0 aliphatic carbocycles. The van der Waals surface area contributed by atoms with Crippen LogP contribution < -0.4 is 0 Å².